The molecule has 2 rings (SSSR count). The van der Waals surface area contributed by atoms with E-state index in [1.807, 2.05) is 0 Å². The monoisotopic (exact) mass is 320 g/mol. The van der Waals surface area contributed by atoms with Crippen molar-refractivity contribution in [2.45, 2.75) is 13.8 Å². The number of rotatable bonds is 5. The Labute approximate surface area is 132 Å². The van der Waals surface area contributed by atoms with Crippen LogP contribution in [0.1, 0.15) is 32.5 Å². The van der Waals surface area contributed by atoms with E-state index in [1.165, 1.54) is 26.4 Å². The number of aromatic carboxylic acids is 1. The highest BCUT2D eigenvalue weighted by molar-refractivity contribution is 6.05. The number of carboxylic acid groups (broad SMARTS) is 1. The summed E-state index contributed by atoms with van der Waals surface area (Å²) in [7, 11) is 2.76. The lowest BCUT2D eigenvalue weighted by Gasteiger charge is -2.14. The number of ether oxygens (including phenoxy) is 2. The van der Waals surface area contributed by atoms with Crippen LogP contribution in [0.25, 0.3) is 0 Å². The molecule has 23 heavy (non-hydrogen) atoms. The minimum atomic E-state index is -1.16. The number of oxazole rings is 1. The summed E-state index contributed by atoms with van der Waals surface area (Å²) < 4.78 is 15.5. The quantitative estimate of drug-likeness (QED) is 0.869. The molecule has 0 atom stereocenters. The molecule has 0 fully saturated rings. The SMILES string of the molecule is COc1cc(C(=O)O)cc(NC(=O)c2oc(C)nc2C)c1OC. The molecule has 0 aliphatic rings. The summed E-state index contributed by atoms with van der Waals surface area (Å²) in [6.45, 7) is 3.26. The summed E-state index contributed by atoms with van der Waals surface area (Å²) >= 11 is 0. The van der Waals surface area contributed by atoms with Crippen LogP contribution in [0.15, 0.2) is 16.5 Å². The summed E-state index contributed by atoms with van der Waals surface area (Å²) in [5, 5.41) is 11.7. The lowest BCUT2D eigenvalue weighted by atomic mass is 10.1. The number of carboxylic acids is 1. The van der Waals surface area contributed by atoms with Crippen molar-refractivity contribution in [3.8, 4) is 11.5 Å². The lowest BCUT2D eigenvalue weighted by molar-refractivity contribution is 0.0696. The minimum absolute atomic E-state index is 0.0456. The summed E-state index contributed by atoms with van der Waals surface area (Å²) in [5.41, 5.74) is 0.534. The molecule has 122 valence electrons. The van der Waals surface area contributed by atoms with E-state index >= 15 is 0 Å². The Morgan fingerprint density at radius 2 is 1.91 bits per heavy atom. The molecule has 8 heteroatoms. The molecule has 8 nitrogen and oxygen atoms in total. The highest BCUT2D eigenvalue weighted by atomic mass is 16.5. The number of anilines is 1. The highest BCUT2D eigenvalue weighted by Gasteiger charge is 2.21. The van der Waals surface area contributed by atoms with Gasteiger partial charge in [0.1, 0.15) is 0 Å². The highest BCUT2D eigenvalue weighted by Crippen LogP contribution is 2.37. The van der Waals surface area contributed by atoms with E-state index in [0.717, 1.165) is 0 Å². The fourth-order valence-corrected chi connectivity index (χ4v) is 2.10. The number of aryl methyl sites for hydroxylation is 2. The van der Waals surface area contributed by atoms with Crippen LogP contribution >= 0.6 is 0 Å². The zero-order valence-electron chi connectivity index (χ0n) is 13.1. The van der Waals surface area contributed by atoms with Crippen molar-refractivity contribution in [2.75, 3.05) is 19.5 Å². The number of nitrogens with one attached hydrogen (secondary N) is 1. The third-order valence-corrected chi connectivity index (χ3v) is 3.08. The smallest absolute Gasteiger partial charge is 0.335 e. The van der Waals surface area contributed by atoms with Gasteiger partial charge in [-0.05, 0) is 19.1 Å². The zero-order chi connectivity index (χ0) is 17.1. The van der Waals surface area contributed by atoms with Crippen LogP contribution in [0, 0.1) is 13.8 Å². The standard InChI is InChI=1S/C15H16N2O6/c1-7-12(23-8(2)16-7)14(18)17-10-5-9(15(19)20)6-11(21-3)13(10)22-4/h5-6H,1-4H3,(H,17,18)(H,19,20). The van der Waals surface area contributed by atoms with Crippen molar-refractivity contribution in [3.63, 3.8) is 0 Å². The number of nitrogens with zero attached hydrogens (tertiary/aromatic N) is 1. The molecule has 0 bridgehead atoms. The third kappa shape index (κ3) is 3.25. The second-order valence-electron chi connectivity index (χ2n) is 4.67. The van der Waals surface area contributed by atoms with Crippen LogP contribution < -0.4 is 14.8 Å². The van der Waals surface area contributed by atoms with Gasteiger partial charge >= 0.3 is 5.97 Å². The van der Waals surface area contributed by atoms with Gasteiger partial charge in [0.25, 0.3) is 5.91 Å². The first-order valence-corrected chi connectivity index (χ1v) is 6.62. The topological polar surface area (TPSA) is 111 Å². The molecule has 0 saturated heterocycles. The van der Waals surface area contributed by atoms with Crippen LogP contribution in [0.5, 0.6) is 11.5 Å². The first-order chi connectivity index (χ1) is 10.9. The maximum atomic E-state index is 12.3. The van der Waals surface area contributed by atoms with Crippen molar-refractivity contribution >= 4 is 17.6 Å². The van der Waals surface area contributed by atoms with E-state index in [-0.39, 0.29) is 28.5 Å². The van der Waals surface area contributed by atoms with Crippen molar-refractivity contribution in [3.05, 3.63) is 35.0 Å². The Hall–Kier alpha value is -3.03. The first-order valence-electron chi connectivity index (χ1n) is 6.62. The maximum absolute atomic E-state index is 12.3. The van der Waals surface area contributed by atoms with Crippen LogP contribution in [0.2, 0.25) is 0 Å². The summed E-state index contributed by atoms with van der Waals surface area (Å²) in [6.07, 6.45) is 0. The third-order valence-electron chi connectivity index (χ3n) is 3.08. The predicted octanol–water partition coefficient (Wildman–Crippen LogP) is 2.26. The first kappa shape index (κ1) is 16.3. The molecule has 0 saturated carbocycles. The zero-order valence-corrected chi connectivity index (χ0v) is 13.1. The number of amides is 1. The van der Waals surface area contributed by atoms with E-state index < -0.39 is 11.9 Å². The fourth-order valence-electron chi connectivity index (χ4n) is 2.10. The van der Waals surface area contributed by atoms with Gasteiger partial charge in [-0.3, -0.25) is 4.79 Å². The van der Waals surface area contributed by atoms with E-state index in [9.17, 15) is 9.59 Å². The van der Waals surface area contributed by atoms with Crippen LogP contribution in [0.3, 0.4) is 0 Å². The Balaban J connectivity index is 2.45. The van der Waals surface area contributed by atoms with E-state index in [1.54, 1.807) is 13.8 Å². The summed E-state index contributed by atoms with van der Waals surface area (Å²) in [5.74, 6) is -0.923. The molecule has 0 radical (unpaired) electrons. The van der Waals surface area contributed by atoms with E-state index in [0.29, 0.717) is 11.6 Å². The predicted molar refractivity (Wildman–Crippen MR) is 80.4 cm³/mol. The van der Waals surface area contributed by atoms with Gasteiger partial charge in [-0.2, -0.15) is 0 Å². The van der Waals surface area contributed by atoms with Gasteiger partial charge in [0.05, 0.1) is 31.2 Å². The lowest BCUT2D eigenvalue weighted by Crippen LogP contribution is -2.14. The van der Waals surface area contributed by atoms with Crippen molar-refractivity contribution in [1.29, 1.82) is 0 Å². The van der Waals surface area contributed by atoms with Crippen molar-refractivity contribution < 1.29 is 28.6 Å². The maximum Gasteiger partial charge on any atom is 0.335 e. The molecule has 0 aliphatic carbocycles. The van der Waals surface area contributed by atoms with Crippen LogP contribution in [-0.2, 0) is 0 Å². The molecule has 2 aromatic rings. The molecule has 1 amide bonds. The van der Waals surface area contributed by atoms with Gasteiger partial charge in [-0.15, -0.1) is 0 Å². The average molecular weight is 320 g/mol. The summed E-state index contributed by atoms with van der Waals surface area (Å²) in [6, 6.07) is 2.58. The number of carbonyl (C=O) groups is 2. The van der Waals surface area contributed by atoms with E-state index in [2.05, 4.69) is 10.3 Å². The molecular weight excluding hydrogens is 304 g/mol. The number of hydrogen-bond donors (Lipinski definition) is 2. The number of benzene rings is 1. The Morgan fingerprint density at radius 1 is 1.22 bits per heavy atom. The van der Waals surface area contributed by atoms with Gasteiger partial charge in [0.2, 0.25) is 5.76 Å². The Morgan fingerprint density at radius 3 is 2.39 bits per heavy atom. The van der Waals surface area contributed by atoms with Gasteiger partial charge in [-0.25, -0.2) is 9.78 Å². The van der Waals surface area contributed by atoms with Gasteiger partial charge in [0, 0.05) is 6.92 Å². The van der Waals surface area contributed by atoms with Crippen LogP contribution in [-0.4, -0.2) is 36.2 Å². The van der Waals surface area contributed by atoms with Gasteiger partial charge in [0.15, 0.2) is 17.4 Å². The second-order valence-corrected chi connectivity index (χ2v) is 4.67. The fraction of sp³-hybridized carbons (Fsp3) is 0.267. The largest absolute Gasteiger partial charge is 0.493 e. The molecule has 0 aliphatic heterocycles. The number of carbonyl (C=O) groups excluding carboxylic acids is 1. The number of methoxy groups -OCH3 is 2. The minimum Gasteiger partial charge on any atom is -0.493 e. The van der Waals surface area contributed by atoms with Gasteiger partial charge in [-0.1, -0.05) is 0 Å². The molecular formula is C15H16N2O6. The average Bonchev–Trinajstić information content (AvgIpc) is 2.84. The Kier molecular flexibility index (Phi) is 4.54. The number of aromatic nitrogens is 1. The molecule has 1 aromatic carbocycles. The normalized spacial score (nSPS) is 10.3. The molecule has 0 spiro atoms. The molecule has 2 N–H and O–H groups in total. The second kappa shape index (κ2) is 6.39. The molecule has 0 unspecified atom stereocenters. The van der Waals surface area contributed by atoms with Crippen LogP contribution in [0.4, 0.5) is 5.69 Å². The molecule has 1 heterocycles. The Bertz CT molecular complexity index is 766. The van der Waals surface area contributed by atoms with Gasteiger partial charge < -0.3 is 24.3 Å². The van der Waals surface area contributed by atoms with E-state index in [4.69, 9.17) is 19.0 Å². The number of hydrogen-bond acceptors (Lipinski definition) is 6. The van der Waals surface area contributed by atoms with Crippen molar-refractivity contribution in [1.82, 2.24) is 4.98 Å². The van der Waals surface area contributed by atoms with Crippen molar-refractivity contribution in [2.24, 2.45) is 0 Å². The molecule has 1 aromatic heterocycles. The summed E-state index contributed by atoms with van der Waals surface area (Å²) in [4.78, 5) is 27.5.